The van der Waals surface area contributed by atoms with E-state index in [2.05, 4.69) is 0 Å². The van der Waals surface area contributed by atoms with Crippen molar-refractivity contribution in [2.75, 3.05) is 25.0 Å². The molecule has 0 radical (unpaired) electrons. The molecule has 0 unspecified atom stereocenters. The Kier molecular flexibility index (Phi) is 2.60. The maximum absolute atomic E-state index is 12.1. The molecule has 1 aromatic rings. The van der Waals surface area contributed by atoms with Crippen LogP contribution in [0.25, 0.3) is 0 Å². The van der Waals surface area contributed by atoms with Crippen molar-refractivity contribution in [1.29, 1.82) is 0 Å². The number of hydrogen-bond donors (Lipinski definition) is 1. The Bertz CT molecular complexity index is 551. The highest BCUT2D eigenvalue weighted by molar-refractivity contribution is 6.05. The largest absolute Gasteiger partial charge is 0.385 e. The van der Waals surface area contributed by atoms with Crippen molar-refractivity contribution in [2.24, 2.45) is 0 Å². The van der Waals surface area contributed by atoms with Crippen LogP contribution in [0.4, 0.5) is 5.69 Å². The van der Waals surface area contributed by atoms with Gasteiger partial charge in [-0.15, -0.1) is 0 Å². The number of anilines is 1. The number of nitrogens with zero attached hydrogens (tertiary/aromatic N) is 2. The standard InChI is InChI=1S/C14H16N2O3/c1-15-8-13(18)16(9-12(15)17)11-5-3-2-4-10(11)14(19)6-7-14/h2-5,19H,6-9H2,1H3. The van der Waals surface area contributed by atoms with Crippen molar-refractivity contribution in [1.82, 2.24) is 4.90 Å². The molecule has 5 heteroatoms. The molecule has 1 aliphatic heterocycles. The van der Waals surface area contributed by atoms with Crippen molar-refractivity contribution in [3.8, 4) is 0 Å². The average Bonchev–Trinajstić information content (AvgIpc) is 3.13. The number of aliphatic hydroxyl groups is 1. The molecule has 2 amide bonds. The molecule has 100 valence electrons. The number of carbonyl (C=O) groups is 2. The second kappa shape index (κ2) is 4.06. The zero-order chi connectivity index (χ0) is 13.6. The maximum Gasteiger partial charge on any atom is 0.247 e. The Morgan fingerprint density at radius 1 is 1.11 bits per heavy atom. The lowest BCUT2D eigenvalue weighted by atomic mass is 10.0. The minimum absolute atomic E-state index is 0.0441. The number of likely N-dealkylation sites (N-methyl/N-ethyl adjacent to an activating group) is 1. The van der Waals surface area contributed by atoms with Crippen LogP contribution in [0.1, 0.15) is 18.4 Å². The molecule has 0 spiro atoms. The van der Waals surface area contributed by atoms with Gasteiger partial charge in [0.15, 0.2) is 0 Å². The molecule has 2 aliphatic rings. The SMILES string of the molecule is CN1CC(=O)N(c2ccccc2C2(O)CC2)CC1=O. The van der Waals surface area contributed by atoms with Crippen LogP contribution in [-0.2, 0) is 15.2 Å². The lowest BCUT2D eigenvalue weighted by Gasteiger charge is -2.33. The van der Waals surface area contributed by atoms with Crippen LogP contribution >= 0.6 is 0 Å². The first-order valence-corrected chi connectivity index (χ1v) is 6.37. The van der Waals surface area contributed by atoms with E-state index < -0.39 is 5.60 Å². The monoisotopic (exact) mass is 260 g/mol. The lowest BCUT2D eigenvalue weighted by Crippen LogP contribution is -2.52. The van der Waals surface area contributed by atoms with Gasteiger partial charge in [-0.25, -0.2) is 0 Å². The molecule has 1 saturated carbocycles. The van der Waals surface area contributed by atoms with Gasteiger partial charge >= 0.3 is 0 Å². The molecule has 1 aromatic carbocycles. The molecule has 1 heterocycles. The molecule has 1 N–H and O–H groups in total. The summed E-state index contributed by atoms with van der Waals surface area (Å²) in [4.78, 5) is 26.8. The Balaban J connectivity index is 1.98. The van der Waals surface area contributed by atoms with Crippen LogP contribution in [0.2, 0.25) is 0 Å². The minimum Gasteiger partial charge on any atom is -0.385 e. The fourth-order valence-corrected chi connectivity index (χ4v) is 2.43. The van der Waals surface area contributed by atoms with Gasteiger partial charge in [-0.3, -0.25) is 9.59 Å². The predicted molar refractivity (Wildman–Crippen MR) is 69.6 cm³/mol. The van der Waals surface area contributed by atoms with Crippen LogP contribution in [0.3, 0.4) is 0 Å². The van der Waals surface area contributed by atoms with Crippen molar-refractivity contribution < 1.29 is 14.7 Å². The predicted octanol–water partition coefficient (Wildman–Crippen LogP) is 0.473. The van der Waals surface area contributed by atoms with E-state index in [1.165, 1.54) is 9.80 Å². The molecule has 19 heavy (non-hydrogen) atoms. The van der Waals surface area contributed by atoms with Gasteiger partial charge in [0.1, 0.15) is 6.54 Å². The smallest absolute Gasteiger partial charge is 0.247 e. The zero-order valence-corrected chi connectivity index (χ0v) is 10.8. The highest BCUT2D eigenvalue weighted by atomic mass is 16.3. The first kappa shape index (κ1) is 12.2. The third-order valence-electron chi connectivity index (χ3n) is 3.81. The van der Waals surface area contributed by atoms with E-state index in [4.69, 9.17) is 0 Å². The highest BCUT2D eigenvalue weighted by Crippen LogP contribution is 2.48. The second-order valence-electron chi connectivity index (χ2n) is 5.28. The van der Waals surface area contributed by atoms with Crippen LogP contribution < -0.4 is 4.90 Å². The molecule has 2 fully saturated rings. The third kappa shape index (κ3) is 2.00. The number of piperazine rings is 1. The van der Waals surface area contributed by atoms with Crippen molar-refractivity contribution >= 4 is 17.5 Å². The van der Waals surface area contributed by atoms with E-state index in [0.29, 0.717) is 18.5 Å². The summed E-state index contributed by atoms with van der Waals surface area (Å²) in [6.45, 7) is 0.133. The van der Waals surface area contributed by atoms with Gasteiger partial charge in [0.2, 0.25) is 11.8 Å². The molecular formula is C14H16N2O3. The van der Waals surface area contributed by atoms with Crippen LogP contribution in [0.15, 0.2) is 24.3 Å². The Morgan fingerprint density at radius 3 is 2.47 bits per heavy atom. The summed E-state index contributed by atoms with van der Waals surface area (Å²) in [5.74, 6) is -0.198. The molecule has 0 aromatic heterocycles. The van der Waals surface area contributed by atoms with Gasteiger partial charge < -0.3 is 14.9 Å². The van der Waals surface area contributed by atoms with Gasteiger partial charge in [0.05, 0.1) is 17.8 Å². The normalized spacial score (nSPS) is 21.8. The van der Waals surface area contributed by atoms with E-state index in [1.807, 2.05) is 18.2 Å². The van der Waals surface area contributed by atoms with Gasteiger partial charge in [0.25, 0.3) is 0 Å². The summed E-state index contributed by atoms with van der Waals surface area (Å²) in [6.07, 6.45) is 1.42. The number of benzene rings is 1. The molecule has 3 rings (SSSR count). The number of hydrogen-bond acceptors (Lipinski definition) is 3. The topological polar surface area (TPSA) is 60.9 Å². The number of amides is 2. The van der Waals surface area contributed by atoms with E-state index in [1.54, 1.807) is 13.1 Å². The molecule has 5 nitrogen and oxygen atoms in total. The van der Waals surface area contributed by atoms with Gasteiger partial charge in [-0.2, -0.15) is 0 Å². The van der Waals surface area contributed by atoms with Crippen LogP contribution in [-0.4, -0.2) is 42.0 Å². The second-order valence-corrected chi connectivity index (χ2v) is 5.28. The highest BCUT2D eigenvalue weighted by Gasteiger charge is 2.45. The molecule has 1 aliphatic carbocycles. The number of para-hydroxylation sites is 1. The van der Waals surface area contributed by atoms with Crippen molar-refractivity contribution in [3.05, 3.63) is 29.8 Å². The fraction of sp³-hybridized carbons (Fsp3) is 0.429. The van der Waals surface area contributed by atoms with Gasteiger partial charge in [-0.05, 0) is 18.9 Å². The third-order valence-corrected chi connectivity index (χ3v) is 3.81. The summed E-state index contributed by atoms with van der Waals surface area (Å²) in [7, 11) is 1.62. The van der Waals surface area contributed by atoms with Gasteiger partial charge in [0, 0.05) is 12.6 Å². The van der Waals surface area contributed by atoms with Gasteiger partial charge in [-0.1, -0.05) is 18.2 Å². The Labute approximate surface area is 111 Å². The lowest BCUT2D eigenvalue weighted by molar-refractivity contribution is -0.136. The number of rotatable bonds is 2. The molecule has 0 atom stereocenters. The van der Waals surface area contributed by atoms with E-state index in [0.717, 1.165) is 5.56 Å². The Hall–Kier alpha value is -1.88. The fourth-order valence-electron chi connectivity index (χ4n) is 2.43. The summed E-state index contributed by atoms with van der Waals surface area (Å²) < 4.78 is 0. The van der Waals surface area contributed by atoms with Crippen LogP contribution in [0.5, 0.6) is 0 Å². The average molecular weight is 260 g/mol. The quantitative estimate of drug-likeness (QED) is 0.841. The minimum atomic E-state index is -0.816. The van der Waals surface area contributed by atoms with E-state index in [-0.39, 0.29) is 24.9 Å². The van der Waals surface area contributed by atoms with E-state index in [9.17, 15) is 14.7 Å². The summed E-state index contributed by atoms with van der Waals surface area (Å²) in [5, 5.41) is 10.3. The summed E-state index contributed by atoms with van der Waals surface area (Å²) >= 11 is 0. The number of carbonyl (C=O) groups excluding carboxylic acids is 2. The Morgan fingerprint density at radius 2 is 1.79 bits per heavy atom. The van der Waals surface area contributed by atoms with Crippen molar-refractivity contribution in [3.63, 3.8) is 0 Å². The molecular weight excluding hydrogens is 244 g/mol. The maximum atomic E-state index is 12.1. The van der Waals surface area contributed by atoms with E-state index >= 15 is 0 Å². The zero-order valence-electron chi connectivity index (χ0n) is 10.8. The molecule has 0 bridgehead atoms. The summed E-state index contributed by atoms with van der Waals surface area (Å²) in [5.41, 5.74) is 0.596. The molecule has 1 saturated heterocycles. The first-order chi connectivity index (χ1) is 9.01. The summed E-state index contributed by atoms with van der Waals surface area (Å²) in [6, 6.07) is 7.29. The first-order valence-electron chi connectivity index (χ1n) is 6.37. The van der Waals surface area contributed by atoms with Crippen LogP contribution in [0, 0.1) is 0 Å². The van der Waals surface area contributed by atoms with Crippen molar-refractivity contribution in [2.45, 2.75) is 18.4 Å².